The van der Waals surface area contributed by atoms with E-state index in [4.69, 9.17) is 5.26 Å². The molecule has 1 unspecified atom stereocenters. The molecule has 1 atom stereocenters. The molecule has 0 bridgehead atoms. The Morgan fingerprint density at radius 3 is 3.17 bits per heavy atom. The third kappa shape index (κ3) is 1.88. The van der Waals surface area contributed by atoms with Gasteiger partial charge in [0.05, 0.1) is 13.2 Å². The lowest BCUT2D eigenvalue weighted by Crippen LogP contribution is -2.28. The fraction of sp³-hybridized carbons (Fsp3) is 0.750. The number of carbonyl (C=O) groups excluding carboxylic acids is 1. The summed E-state index contributed by atoms with van der Waals surface area (Å²) in [6.45, 7) is 1.39. The van der Waals surface area contributed by atoms with Crippen molar-refractivity contribution >= 4 is 6.09 Å². The van der Waals surface area contributed by atoms with Gasteiger partial charge in [0.1, 0.15) is 0 Å². The van der Waals surface area contributed by atoms with Crippen molar-refractivity contribution in [1.29, 1.82) is 5.26 Å². The van der Waals surface area contributed by atoms with Gasteiger partial charge >= 0.3 is 6.09 Å². The van der Waals surface area contributed by atoms with Gasteiger partial charge in [-0.1, -0.05) is 0 Å². The molecule has 1 rings (SSSR count). The van der Waals surface area contributed by atoms with E-state index in [1.165, 1.54) is 7.11 Å². The van der Waals surface area contributed by atoms with E-state index in [1.54, 1.807) is 4.90 Å². The molecule has 4 heteroatoms. The molecule has 1 fully saturated rings. The Hall–Kier alpha value is -1.24. The normalized spacial score (nSPS) is 22.0. The minimum absolute atomic E-state index is 0.282. The van der Waals surface area contributed by atoms with E-state index in [0.717, 1.165) is 13.0 Å². The van der Waals surface area contributed by atoms with Crippen molar-refractivity contribution in [3.05, 3.63) is 0 Å². The van der Waals surface area contributed by atoms with Gasteiger partial charge in [-0.15, -0.1) is 0 Å². The van der Waals surface area contributed by atoms with Crippen LogP contribution in [0.15, 0.2) is 0 Å². The number of ether oxygens (including phenoxy) is 1. The van der Waals surface area contributed by atoms with Crippen LogP contribution in [-0.2, 0) is 4.74 Å². The quantitative estimate of drug-likeness (QED) is 0.586. The van der Waals surface area contributed by atoms with Crippen molar-refractivity contribution in [2.75, 3.05) is 20.2 Å². The molecule has 0 radical (unpaired) electrons. The molecule has 1 heterocycles. The minimum Gasteiger partial charge on any atom is -0.453 e. The second-order valence-electron chi connectivity index (χ2n) is 2.93. The summed E-state index contributed by atoms with van der Waals surface area (Å²) in [5, 5.41) is 8.42. The monoisotopic (exact) mass is 168 g/mol. The second-order valence-corrected chi connectivity index (χ2v) is 2.93. The van der Waals surface area contributed by atoms with Crippen LogP contribution in [0, 0.1) is 17.2 Å². The fourth-order valence-corrected chi connectivity index (χ4v) is 1.42. The van der Waals surface area contributed by atoms with Crippen molar-refractivity contribution in [3.63, 3.8) is 0 Å². The average Bonchev–Trinajstić information content (AvgIpc) is 2.52. The molecule has 0 aromatic heterocycles. The highest BCUT2D eigenvalue weighted by Crippen LogP contribution is 2.19. The zero-order valence-corrected chi connectivity index (χ0v) is 7.12. The minimum atomic E-state index is -0.282. The van der Waals surface area contributed by atoms with Crippen molar-refractivity contribution in [2.45, 2.75) is 12.8 Å². The molecule has 0 spiro atoms. The summed E-state index contributed by atoms with van der Waals surface area (Å²) >= 11 is 0. The highest BCUT2D eigenvalue weighted by molar-refractivity contribution is 5.67. The summed E-state index contributed by atoms with van der Waals surface area (Å²) in [5.74, 6) is 0.342. The van der Waals surface area contributed by atoms with Crippen LogP contribution < -0.4 is 0 Å². The van der Waals surface area contributed by atoms with Crippen LogP contribution in [0.2, 0.25) is 0 Å². The van der Waals surface area contributed by atoms with Crippen LogP contribution in [0.25, 0.3) is 0 Å². The van der Waals surface area contributed by atoms with E-state index in [2.05, 4.69) is 10.8 Å². The molecule has 66 valence electrons. The van der Waals surface area contributed by atoms with E-state index in [-0.39, 0.29) is 6.09 Å². The molecule has 1 saturated heterocycles. The number of hydrogen-bond acceptors (Lipinski definition) is 3. The first kappa shape index (κ1) is 8.85. The zero-order valence-electron chi connectivity index (χ0n) is 7.12. The van der Waals surface area contributed by atoms with Crippen LogP contribution in [-0.4, -0.2) is 31.2 Å². The average molecular weight is 168 g/mol. The fourth-order valence-electron chi connectivity index (χ4n) is 1.42. The number of amides is 1. The van der Waals surface area contributed by atoms with E-state index in [0.29, 0.717) is 18.9 Å². The van der Waals surface area contributed by atoms with Crippen LogP contribution in [0.1, 0.15) is 12.8 Å². The lowest BCUT2D eigenvalue weighted by Gasteiger charge is -2.13. The van der Waals surface area contributed by atoms with Gasteiger partial charge in [-0.3, -0.25) is 0 Å². The largest absolute Gasteiger partial charge is 0.453 e. The van der Waals surface area contributed by atoms with Crippen molar-refractivity contribution < 1.29 is 9.53 Å². The zero-order chi connectivity index (χ0) is 8.97. The van der Waals surface area contributed by atoms with Gasteiger partial charge in [-0.25, -0.2) is 4.79 Å². The van der Waals surface area contributed by atoms with Crippen LogP contribution in [0.3, 0.4) is 0 Å². The van der Waals surface area contributed by atoms with Crippen molar-refractivity contribution in [2.24, 2.45) is 5.92 Å². The molecule has 1 amide bonds. The maximum atomic E-state index is 11.0. The van der Waals surface area contributed by atoms with Crippen LogP contribution >= 0.6 is 0 Å². The van der Waals surface area contributed by atoms with Crippen molar-refractivity contribution in [3.8, 4) is 6.07 Å². The first-order chi connectivity index (χ1) is 5.77. The number of methoxy groups -OCH3 is 1. The summed E-state index contributed by atoms with van der Waals surface area (Å²) in [4.78, 5) is 12.6. The number of carbonyl (C=O) groups is 1. The van der Waals surface area contributed by atoms with Crippen molar-refractivity contribution in [1.82, 2.24) is 4.90 Å². The molecule has 0 aromatic rings. The number of likely N-dealkylation sites (tertiary alicyclic amines) is 1. The number of hydrogen-bond donors (Lipinski definition) is 0. The molecule has 12 heavy (non-hydrogen) atoms. The first-order valence-electron chi connectivity index (χ1n) is 3.97. The van der Waals surface area contributed by atoms with Gasteiger partial charge < -0.3 is 9.64 Å². The molecule has 0 aromatic carbocycles. The third-order valence-electron chi connectivity index (χ3n) is 2.10. The lowest BCUT2D eigenvalue weighted by atomic mass is 10.1. The van der Waals surface area contributed by atoms with E-state index in [9.17, 15) is 4.79 Å². The topological polar surface area (TPSA) is 53.3 Å². The Labute approximate surface area is 71.7 Å². The van der Waals surface area contributed by atoms with E-state index < -0.39 is 0 Å². The van der Waals surface area contributed by atoms with Gasteiger partial charge in [0.25, 0.3) is 0 Å². The van der Waals surface area contributed by atoms with Gasteiger partial charge in [-0.05, 0) is 12.3 Å². The van der Waals surface area contributed by atoms with E-state index >= 15 is 0 Å². The predicted molar refractivity (Wildman–Crippen MR) is 42.3 cm³/mol. The summed E-state index contributed by atoms with van der Waals surface area (Å²) in [6, 6.07) is 2.11. The van der Waals surface area contributed by atoms with Gasteiger partial charge in [0.2, 0.25) is 0 Å². The molecule has 0 N–H and O–H groups in total. The number of nitriles is 1. The Balaban J connectivity index is 2.36. The Morgan fingerprint density at radius 1 is 1.83 bits per heavy atom. The molecule has 0 aliphatic carbocycles. The van der Waals surface area contributed by atoms with Crippen LogP contribution in [0.4, 0.5) is 4.79 Å². The Kier molecular flexibility index (Phi) is 2.92. The smallest absolute Gasteiger partial charge is 0.409 e. The summed E-state index contributed by atoms with van der Waals surface area (Å²) < 4.78 is 4.56. The highest BCUT2D eigenvalue weighted by Gasteiger charge is 2.26. The molecular formula is C8H12N2O2. The molecule has 1 aliphatic heterocycles. The van der Waals surface area contributed by atoms with Gasteiger partial charge in [0, 0.05) is 19.5 Å². The first-order valence-corrected chi connectivity index (χ1v) is 3.97. The second kappa shape index (κ2) is 3.96. The number of nitrogens with zero attached hydrogens (tertiary/aromatic N) is 2. The summed E-state index contributed by atoms with van der Waals surface area (Å²) in [7, 11) is 1.37. The SMILES string of the molecule is COC(=O)N1CCC(CC#N)C1. The third-order valence-corrected chi connectivity index (χ3v) is 2.10. The summed E-state index contributed by atoms with van der Waals surface area (Å²) in [5.41, 5.74) is 0. The molecule has 0 saturated carbocycles. The Morgan fingerprint density at radius 2 is 2.58 bits per heavy atom. The van der Waals surface area contributed by atoms with E-state index in [1.807, 2.05) is 0 Å². The standard InChI is InChI=1S/C8H12N2O2/c1-12-8(11)10-5-3-7(6-10)2-4-9/h7H,2-3,5-6H2,1H3. The van der Waals surface area contributed by atoms with Crippen LogP contribution in [0.5, 0.6) is 0 Å². The molecular weight excluding hydrogens is 156 g/mol. The predicted octanol–water partition coefficient (Wildman–Crippen LogP) is 0.988. The van der Waals surface area contributed by atoms with Gasteiger partial charge in [-0.2, -0.15) is 5.26 Å². The maximum absolute atomic E-state index is 11.0. The molecule has 1 aliphatic rings. The highest BCUT2D eigenvalue weighted by atomic mass is 16.5. The lowest BCUT2D eigenvalue weighted by molar-refractivity contribution is 0.131. The summed E-state index contributed by atoms with van der Waals surface area (Å²) in [6.07, 6.45) is 1.17. The Bertz CT molecular complexity index is 210. The maximum Gasteiger partial charge on any atom is 0.409 e. The van der Waals surface area contributed by atoms with Gasteiger partial charge in [0.15, 0.2) is 0 Å². The number of rotatable bonds is 1. The molecule has 4 nitrogen and oxygen atoms in total.